The van der Waals surface area contributed by atoms with Gasteiger partial charge in [-0.1, -0.05) is 12.1 Å². The van der Waals surface area contributed by atoms with Crippen molar-refractivity contribution in [3.05, 3.63) is 47.7 Å². The standard InChI is InChI=1S/C21H25N5O2S/c1-15(26-11-5-10-22-26)21(28)24(2)14-19(27)25-12-8-16(9-13-25)20-23-17-6-3-4-7-18(17)29-20/h3-7,10-11,15-16H,8-9,12-14H2,1-2H3/t15-/m0/s1. The molecule has 29 heavy (non-hydrogen) atoms. The Kier molecular flexibility index (Phi) is 5.62. The third-order valence-electron chi connectivity index (χ3n) is 5.54. The molecule has 1 aliphatic heterocycles. The summed E-state index contributed by atoms with van der Waals surface area (Å²) in [5, 5.41) is 5.28. The van der Waals surface area contributed by atoms with E-state index in [1.807, 2.05) is 23.1 Å². The van der Waals surface area contributed by atoms with Crippen LogP contribution in [0.5, 0.6) is 0 Å². The fourth-order valence-corrected chi connectivity index (χ4v) is 4.90. The van der Waals surface area contributed by atoms with Gasteiger partial charge < -0.3 is 9.80 Å². The number of benzene rings is 1. The van der Waals surface area contributed by atoms with Gasteiger partial charge in [0.1, 0.15) is 6.04 Å². The molecule has 4 rings (SSSR count). The number of carbonyl (C=O) groups is 2. The van der Waals surface area contributed by atoms with Crippen LogP contribution in [0, 0.1) is 0 Å². The van der Waals surface area contributed by atoms with Gasteiger partial charge in [0.2, 0.25) is 11.8 Å². The molecule has 1 aliphatic rings. The molecule has 3 heterocycles. The molecule has 0 bridgehead atoms. The zero-order valence-electron chi connectivity index (χ0n) is 16.7. The van der Waals surface area contributed by atoms with E-state index in [0.717, 1.165) is 18.4 Å². The fraction of sp³-hybridized carbons (Fsp3) is 0.429. The number of likely N-dealkylation sites (tertiary alicyclic amines) is 1. The Labute approximate surface area is 173 Å². The monoisotopic (exact) mass is 411 g/mol. The molecular formula is C21H25N5O2S. The lowest BCUT2D eigenvalue weighted by atomic mass is 9.97. The molecule has 0 aliphatic carbocycles. The number of piperidine rings is 1. The van der Waals surface area contributed by atoms with Crippen LogP contribution in [0.25, 0.3) is 10.2 Å². The van der Waals surface area contributed by atoms with Gasteiger partial charge in [-0.3, -0.25) is 14.3 Å². The Morgan fingerprint density at radius 3 is 2.69 bits per heavy atom. The SMILES string of the molecule is C[C@@H](C(=O)N(C)CC(=O)N1CCC(c2nc3ccccc3s2)CC1)n1cccn1. The Morgan fingerprint density at radius 2 is 2.00 bits per heavy atom. The number of para-hydroxylation sites is 1. The summed E-state index contributed by atoms with van der Waals surface area (Å²) in [6, 6.07) is 9.56. The lowest BCUT2D eigenvalue weighted by Gasteiger charge is -2.32. The molecular weight excluding hydrogens is 386 g/mol. The van der Waals surface area contributed by atoms with Gasteiger partial charge in [0.25, 0.3) is 0 Å². The smallest absolute Gasteiger partial charge is 0.247 e. The van der Waals surface area contributed by atoms with Crippen LogP contribution in [0.1, 0.15) is 36.7 Å². The lowest BCUT2D eigenvalue weighted by Crippen LogP contribution is -2.45. The number of thiazole rings is 1. The molecule has 7 nitrogen and oxygen atoms in total. The largest absolute Gasteiger partial charge is 0.341 e. The normalized spacial score (nSPS) is 16.1. The van der Waals surface area contributed by atoms with E-state index in [1.165, 1.54) is 14.6 Å². The van der Waals surface area contributed by atoms with Crippen LogP contribution in [-0.2, 0) is 9.59 Å². The van der Waals surface area contributed by atoms with E-state index in [4.69, 9.17) is 4.98 Å². The summed E-state index contributed by atoms with van der Waals surface area (Å²) >= 11 is 1.75. The quantitative estimate of drug-likeness (QED) is 0.647. The number of hydrogen-bond donors (Lipinski definition) is 0. The van der Waals surface area contributed by atoms with E-state index in [0.29, 0.717) is 19.0 Å². The van der Waals surface area contributed by atoms with Crippen molar-refractivity contribution in [1.82, 2.24) is 24.6 Å². The van der Waals surface area contributed by atoms with Crippen LogP contribution < -0.4 is 0 Å². The van der Waals surface area contributed by atoms with Crippen molar-refractivity contribution >= 4 is 33.4 Å². The number of hydrogen-bond acceptors (Lipinski definition) is 5. The van der Waals surface area contributed by atoms with E-state index in [9.17, 15) is 9.59 Å². The van der Waals surface area contributed by atoms with Crippen LogP contribution in [0.3, 0.4) is 0 Å². The van der Waals surface area contributed by atoms with Gasteiger partial charge in [0.15, 0.2) is 0 Å². The molecule has 0 unspecified atom stereocenters. The second-order valence-electron chi connectivity index (χ2n) is 7.53. The van der Waals surface area contributed by atoms with Crippen LogP contribution in [-0.4, -0.2) is 63.1 Å². The van der Waals surface area contributed by atoms with Gasteiger partial charge in [0.05, 0.1) is 21.8 Å². The van der Waals surface area contributed by atoms with Crippen molar-refractivity contribution < 1.29 is 9.59 Å². The highest BCUT2D eigenvalue weighted by molar-refractivity contribution is 7.18. The average molecular weight is 412 g/mol. The predicted molar refractivity (Wildman–Crippen MR) is 113 cm³/mol. The summed E-state index contributed by atoms with van der Waals surface area (Å²) in [7, 11) is 1.67. The van der Waals surface area contributed by atoms with Gasteiger partial charge in [0, 0.05) is 38.4 Å². The first-order valence-electron chi connectivity index (χ1n) is 9.90. The van der Waals surface area contributed by atoms with Crippen molar-refractivity contribution in [1.29, 1.82) is 0 Å². The Balaban J connectivity index is 1.31. The molecule has 1 aromatic carbocycles. The minimum Gasteiger partial charge on any atom is -0.341 e. The predicted octanol–water partition coefficient (Wildman–Crippen LogP) is 2.92. The van der Waals surface area contributed by atoms with Crippen molar-refractivity contribution in [3.63, 3.8) is 0 Å². The molecule has 1 atom stereocenters. The molecule has 0 spiro atoms. The first kappa shape index (κ1) is 19.6. The minimum absolute atomic E-state index is 0.00346. The summed E-state index contributed by atoms with van der Waals surface area (Å²) in [6.07, 6.45) is 5.22. The molecule has 2 aromatic heterocycles. The van der Waals surface area contributed by atoms with Gasteiger partial charge in [-0.25, -0.2) is 4.98 Å². The molecule has 3 aromatic rings. The number of aromatic nitrogens is 3. The van der Waals surface area contributed by atoms with Crippen molar-refractivity contribution in [2.24, 2.45) is 0 Å². The fourth-order valence-electron chi connectivity index (χ4n) is 3.76. The van der Waals surface area contributed by atoms with Crippen molar-refractivity contribution in [2.45, 2.75) is 31.7 Å². The third kappa shape index (κ3) is 4.17. The number of nitrogens with zero attached hydrogens (tertiary/aromatic N) is 5. The van der Waals surface area contributed by atoms with E-state index in [-0.39, 0.29) is 18.4 Å². The number of carbonyl (C=O) groups excluding carboxylic acids is 2. The maximum absolute atomic E-state index is 12.7. The Bertz CT molecular complexity index is 959. The van der Waals surface area contributed by atoms with Gasteiger partial charge >= 0.3 is 0 Å². The second kappa shape index (κ2) is 8.32. The maximum Gasteiger partial charge on any atom is 0.247 e. The van der Waals surface area contributed by atoms with E-state index < -0.39 is 6.04 Å². The molecule has 1 fully saturated rings. The topological polar surface area (TPSA) is 71.3 Å². The second-order valence-corrected chi connectivity index (χ2v) is 8.59. The van der Waals surface area contributed by atoms with Gasteiger partial charge in [-0.2, -0.15) is 5.10 Å². The zero-order chi connectivity index (χ0) is 20.4. The zero-order valence-corrected chi connectivity index (χ0v) is 17.5. The summed E-state index contributed by atoms with van der Waals surface area (Å²) in [5.74, 6) is 0.276. The van der Waals surface area contributed by atoms with Crippen molar-refractivity contribution in [3.8, 4) is 0 Å². The average Bonchev–Trinajstić information content (AvgIpc) is 3.42. The summed E-state index contributed by atoms with van der Waals surface area (Å²) < 4.78 is 2.82. The maximum atomic E-state index is 12.7. The van der Waals surface area contributed by atoms with Crippen LogP contribution >= 0.6 is 11.3 Å². The van der Waals surface area contributed by atoms with E-state index in [2.05, 4.69) is 11.2 Å². The van der Waals surface area contributed by atoms with Crippen LogP contribution in [0.2, 0.25) is 0 Å². The molecule has 152 valence electrons. The molecule has 8 heteroatoms. The van der Waals surface area contributed by atoms with Crippen LogP contribution in [0.4, 0.5) is 0 Å². The van der Waals surface area contributed by atoms with E-state index >= 15 is 0 Å². The summed E-state index contributed by atoms with van der Waals surface area (Å²) in [4.78, 5) is 33.4. The first-order chi connectivity index (χ1) is 14.0. The number of rotatable bonds is 5. The van der Waals surface area contributed by atoms with Gasteiger partial charge in [-0.15, -0.1) is 11.3 Å². The Morgan fingerprint density at radius 1 is 1.24 bits per heavy atom. The molecule has 0 saturated carbocycles. The Hall–Kier alpha value is -2.74. The molecule has 0 N–H and O–H groups in total. The number of amides is 2. The highest BCUT2D eigenvalue weighted by Crippen LogP contribution is 2.33. The highest BCUT2D eigenvalue weighted by Gasteiger charge is 2.28. The van der Waals surface area contributed by atoms with Gasteiger partial charge in [-0.05, 0) is 38.0 Å². The minimum atomic E-state index is -0.424. The number of fused-ring (bicyclic) bond motifs is 1. The van der Waals surface area contributed by atoms with E-state index in [1.54, 1.807) is 48.5 Å². The van der Waals surface area contributed by atoms with Crippen molar-refractivity contribution in [2.75, 3.05) is 26.7 Å². The lowest BCUT2D eigenvalue weighted by molar-refractivity contribution is -0.141. The highest BCUT2D eigenvalue weighted by atomic mass is 32.1. The molecule has 1 saturated heterocycles. The molecule has 0 radical (unpaired) electrons. The summed E-state index contributed by atoms with van der Waals surface area (Å²) in [6.45, 7) is 3.29. The molecule has 2 amide bonds. The first-order valence-corrected chi connectivity index (χ1v) is 10.7. The third-order valence-corrected chi connectivity index (χ3v) is 6.73. The number of likely N-dealkylation sites (N-methyl/N-ethyl adjacent to an activating group) is 1. The summed E-state index contributed by atoms with van der Waals surface area (Å²) in [5.41, 5.74) is 1.05. The van der Waals surface area contributed by atoms with Crippen LogP contribution in [0.15, 0.2) is 42.7 Å².